The van der Waals surface area contributed by atoms with Crippen molar-refractivity contribution in [3.8, 4) is 0 Å². The highest BCUT2D eigenvalue weighted by Crippen LogP contribution is 2.36. The molecule has 1 aliphatic heterocycles. The lowest BCUT2D eigenvalue weighted by Crippen LogP contribution is -2.38. The molecule has 0 radical (unpaired) electrons. The minimum Gasteiger partial charge on any atom is -0.368 e. The second kappa shape index (κ2) is 3.53. The van der Waals surface area contributed by atoms with Crippen molar-refractivity contribution >= 4 is 5.69 Å². The summed E-state index contributed by atoms with van der Waals surface area (Å²) >= 11 is 0. The van der Waals surface area contributed by atoms with Crippen molar-refractivity contribution in [3.63, 3.8) is 0 Å². The summed E-state index contributed by atoms with van der Waals surface area (Å²) in [5, 5.41) is 0. The lowest BCUT2D eigenvalue weighted by molar-refractivity contribution is 0.392. The summed E-state index contributed by atoms with van der Waals surface area (Å²) in [5.41, 5.74) is 9.90. The highest BCUT2D eigenvalue weighted by Gasteiger charge is 2.29. The summed E-state index contributed by atoms with van der Waals surface area (Å²) in [7, 11) is 0. The topological polar surface area (TPSA) is 29.3 Å². The van der Waals surface area contributed by atoms with Gasteiger partial charge in [-0.15, -0.1) is 0 Å². The first kappa shape index (κ1) is 9.22. The molecule has 0 unspecified atom stereocenters. The van der Waals surface area contributed by atoms with Gasteiger partial charge in [0.15, 0.2) is 0 Å². The molecule has 3 rings (SSSR count). The van der Waals surface area contributed by atoms with Gasteiger partial charge in [-0.25, -0.2) is 0 Å². The summed E-state index contributed by atoms with van der Waals surface area (Å²) in [5.74, 6) is 0. The van der Waals surface area contributed by atoms with Crippen molar-refractivity contribution < 1.29 is 0 Å². The standard InChI is InChI=1S/C13H18N2/c14-9-10-4-5-13-11(8-10)6-7-15(13)12-2-1-3-12/h4-5,8,12H,1-3,6-7,9,14H2. The monoisotopic (exact) mass is 202 g/mol. The molecule has 15 heavy (non-hydrogen) atoms. The van der Waals surface area contributed by atoms with Gasteiger partial charge in [0.1, 0.15) is 0 Å². The first-order valence-corrected chi connectivity index (χ1v) is 5.97. The van der Waals surface area contributed by atoms with Gasteiger partial charge in [0, 0.05) is 24.8 Å². The Morgan fingerprint density at radius 2 is 2.20 bits per heavy atom. The molecule has 0 spiro atoms. The molecule has 1 fully saturated rings. The van der Waals surface area contributed by atoms with Gasteiger partial charge in [0.05, 0.1) is 0 Å². The Morgan fingerprint density at radius 3 is 2.87 bits per heavy atom. The van der Waals surface area contributed by atoms with Crippen molar-refractivity contribution in [2.45, 2.75) is 38.3 Å². The van der Waals surface area contributed by atoms with E-state index in [0.29, 0.717) is 6.54 Å². The molecule has 1 heterocycles. The van der Waals surface area contributed by atoms with E-state index in [2.05, 4.69) is 23.1 Å². The largest absolute Gasteiger partial charge is 0.368 e. The van der Waals surface area contributed by atoms with Crippen LogP contribution in [0.1, 0.15) is 30.4 Å². The fourth-order valence-corrected chi connectivity index (χ4v) is 2.69. The van der Waals surface area contributed by atoms with Gasteiger partial charge in [0.25, 0.3) is 0 Å². The summed E-state index contributed by atoms with van der Waals surface area (Å²) in [4.78, 5) is 2.60. The first-order chi connectivity index (χ1) is 7.38. The Bertz CT molecular complexity index is 369. The second-order valence-electron chi connectivity index (χ2n) is 4.70. The Kier molecular flexibility index (Phi) is 2.17. The predicted octanol–water partition coefficient (Wildman–Crippen LogP) is 2.06. The molecule has 0 aromatic heterocycles. The summed E-state index contributed by atoms with van der Waals surface area (Å²) in [6.45, 7) is 1.88. The van der Waals surface area contributed by atoms with Crippen LogP contribution >= 0.6 is 0 Å². The summed E-state index contributed by atoms with van der Waals surface area (Å²) in [6.07, 6.45) is 5.40. The minimum atomic E-state index is 0.663. The van der Waals surface area contributed by atoms with E-state index in [-0.39, 0.29) is 0 Å². The third-order valence-corrected chi connectivity index (χ3v) is 3.83. The zero-order valence-corrected chi connectivity index (χ0v) is 9.08. The SMILES string of the molecule is NCc1ccc2c(c1)CCN2C1CCC1. The van der Waals surface area contributed by atoms with Crippen LogP contribution in [-0.2, 0) is 13.0 Å². The van der Waals surface area contributed by atoms with Gasteiger partial charge in [-0.1, -0.05) is 12.1 Å². The quantitative estimate of drug-likeness (QED) is 0.795. The van der Waals surface area contributed by atoms with Crippen LogP contribution in [0, 0.1) is 0 Å². The average Bonchev–Trinajstić information content (AvgIpc) is 2.59. The van der Waals surface area contributed by atoms with Crippen molar-refractivity contribution in [2.24, 2.45) is 5.73 Å². The third kappa shape index (κ3) is 1.44. The zero-order chi connectivity index (χ0) is 10.3. The van der Waals surface area contributed by atoms with E-state index in [0.717, 1.165) is 6.04 Å². The van der Waals surface area contributed by atoms with Gasteiger partial charge in [-0.3, -0.25) is 0 Å². The number of fused-ring (bicyclic) bond motifs is 1. The van der Waals surface area contributed by atoms with E-state index in [1.54, 1.807) is 0 Å². The molecule has 1 aliphatic carbocycles. The maximum absolute atomic E-state index is 5.66. The molecule has 80 valence electrons. The number of benzene rings is 1. The van der Waals surface area contributed by atoms with Crippen LogP contribution in [0.25, 0.3) is 0 Å². The number of rotatable bonds is 2. The van der Waals surface area contributed by atoms with Gasteiger partial charge in [0.2, 0.25) is 0 Å². The first-order valence-electron chi connectivity index (χ1n) is 5.97. The van der Waals surface area contributed by atoms with Crippen molar-refractivity contribution in [2.75, 3.05) is 11.4 Å². The summed E-state index contributed by atoms with van der Waals surface area (Å²) < 4.78 is 0. The van der Waals surface area contributed by atoms with Crippen LogP contribution in [0.15, 0.2) is 18.2 Å². The van der Waals surface area contributed by atoms with E-state index in [9.17, 15) is 0 Å². The lowest BCUT2D eigenvalue weighted by Gasteiger charge is -2.36. The fourth-order valence-electron chi connectivity index (χ4n) is 2.69. The van der Waals surface area contributed by atoms with Crippen LogP contribution in [0.3, 0.4) is 0 Å². The second-order valence-corrected chi connectivity index (χ2v) is 4.70. The zero-order valence-electron chi connectivity index (χ0n) is 9.08. The van der Waals surface area contributed by atoms with Crippen LogP contribution in [-0.4, -0.2) is 12.6 Å². The van der Waals surface area contributed by atoms with Gasteiger partial charge in [-0.2, -0.15) is 0 Å². The van der Waals surface area contributed by atoms with Crippen LogP contribution in [0.5, 0.6) is 0 Å². The van der Waals surface area contributed by atoms with Crippen molar-refractivity contribution in [1.29, 1.82) is 0 Å². The molecular weight excluding hydrogens is 184 g/mol. The molecule has 2 nitrogen and oxygen atoms in total. The van der Waals surface area contributed by atoms with E-state index in [4.69, 9.17) is 5.73 Å². The Balaban J connectivity index is 1.89. The van der Waals surface area contributed by atoms with Crippen LogP contribution < -0.4 is 10.6 Å². The molecule has 1 saturated carbocycles. The number of hydrogen-bond acceptors (Lipinski definition) is 2. The Labute approximate surface area is 91.1 Å². The molecule has 1 aromatic rings. The Morgan fingerprint density at radius 1 is 1.33 bits per heavy atom. The normalized spacial score (nSPS) is 20.2. The maximum atomic E-state index is 5.66. The number of hydrogen-bond donors (Lipinski definition) is 1. The fraction of sp³-hybridized carbons (Fsp3) is 0.538. The van der Waals surface area contributed by atoms with Crippen LogP contribution in [0.4, 0.5) is 5.69 Å². The highest BCUT2D eigenvalue weighted by molar-refractivity contribution is 5.60. The average molecular weight is 202 g/mol. The number of nitrogens with two attached hydrogens (primary N) is 1. The Hall–Kier alpha value is -1.02. The van der Waals surface area contributed by atoms with Crippen molar-refractivity contribution in [3.05, 3.63) is 29.3 Å². The maximum Gasteiger partial charge on any atom is 0.0402 e. The molecule has 0 saturated heterocycles. The van der Waals surface area contributed by atoms with E-state index in [1.807, 2.05) is 0 Å². The predicted molar refractivity (Wildman–Crippen MR) is 63.0 cm³/mol. The highest BCUT2D eigenvalue weighted by atomic mass is 15.2. The van der Waals surface area contributed by atoms with Gasteiger partial charge in [-0.05, 0) is 42.9 Å². The smallest absolute Gasteiger partial charge is 0.0402 e. The molecule has 0 amide bonds. The van der Waals surface area contributed by atoms with Crippen molar-refractivity contribution in [1.82, 2.24) is 0 Å². The van der Waals surface area contributed by atoms with Gasteiger partial charge < -0.3 is 10.6 Å². The third-order valence-electron chi connectivity index (χ3n) is 3.83. The molecule has 1 aromatic carbocycles. The lowest BCUT2D eigenvalue weighted by atomic mass is 9.91. The number of anilines is 1. The number of nitrogens with zero attached hydrogens (tertiary/aromatic N) is 1. The molecule has 0 atom stereocenters. The molecular formula is C13H18N2. The van der Waals surface area contributed by atoms with Gasteiger partial charge >= 0.3 is 0 Å². The molecule has 2 N–H and O–H groups in total. The van der Waals surface area contributed by atoms with E-state index in [1.165, 1.54) is 49.0 Å². The minimum absolute atomic E-state index is 0.663. The summed E-state index contributed by atoms with van der Waals surface area (Å²) in [6, 6.07) is 7.56. The molecule has 2 aliphatic rings. The van der Waals surface area contributed by atoms with E-state index < -0.39 is 0 Å². The van der Waals surface area contributed by atoms with E-state index >= 15 is 0 Å². The molecule has 0 bridgehead atoms. The van der Waals surface area contributed by atoms with Crippen LogP contribution in [0.2, 0.25) is 0 Å². The molecule has 2 heteroatoms.